The number of primary amides is 1. The molecular formula is C11H12BrClN2O2. The number of benzene rings is 1. The summed E-state index contributed by atoms with van der Waals surface area (Å²) < 4.78 is 0.648. The van der Waals surface area contributed by atoms with Gasteiger partial charge < -0.3 is 11.1 Å². The molecule has 92 valence electrons. The number of amides is 2. The summed E-state index contributed by atoms with van der Waals surface area (Å²) in [6, 6.07) is 4.56. The van der Waals surface area contributed by atoms with E-state index in [0.29, 0.717) is 15.1 Å². The molecule has 4 nitrogen and oxygen atoms in total. The quantitative estimate of drug-likeness (QED) is 0.892. The third-order valence-electron chi connectivity index (χ3n) is 2.07. The van der Waals surface area contributed by atoms with Gasteiger partial charge in [-0.05, 0) is 41.1 Å². The topological polar surface area (TPSA) is 72.2 Å². The highest BCUT2D eigenvalue weighted by molar-refractivity contribution is 9.10. The lowest BCUT2D eigenvalue weighted by Crippen LogP contribution is -2.35. The summed E-state index contributed by atoms with van der Waals surface area (Å²) in [6.07, 6.45) is 0.112. The molecule has 1 unspecified atom stereocenters. The molecule has 0 bridgehead atoms. The molecule has 6 heteroatoms. The van der Waals surface area contributed by atoms with Gasteiger partial charge in [0.1, 0.15) is 0 Å². The average molecular weight is 320 g/mol. The van der Waals surface area contributed by atoms with Gasteiger partial charge in [0.15, 0.2) is 0 Å². The molecule has 0 heterocycles. The van der Waals surface area contributed by atoms with E-state index in [2.05, 4.69) is 21.2 Å². The fourth-order valence-corrected chi connectivity index (χ4v) is 1.79. The third kappa shape index (κ3) is 4.36. The molecule has 0 saturated heterocycles. The van der Waals surface area contributed by atoms with Crippen LogP contribution in [0.2, 0.25) is 5.02 Å². The maximum Gasteiger partial charge on any atom is 0.251 e. The minimum Gasteiger partial charge on any atom is -0.370 e. The molecule has 0 spiro atoms. The normalized spacial score (nSPS) is 11.9. The van der Waals surface area contributed by atoms with Gasteiger partial charge in [0.25, 0.3) is 5.91 Å². The molecule has 1 atom stereocenters. The van der Waals surface area contributed by atoms with Crippen molar-refractivity contribution in [3.8, 4) is 0 Å². The molecule has 0 aliphatic rings. The molecule has 3 N–H and O–H groups in total. The molecule has 1 rings (SSSR count). The van der Waals surface area contributed by atoms with E-state index in [1.165, 1.54) is 0 Å². The van der Waals surface area contributed by atoms with Crippen molar-refractivity contribution in [3.05, 3.63) is 33.3 Å². The summed E-state index contributed by atoms with van der Waals surface area (Å²) in [5.74, 6) is -0.716. The summed E-state index contributed by atoms with van der Waals surface area (Å²) in [5.41, 5.74) is 5.51. The molecule has 1 aromatic rings. The number of nitrogens with two attached hydrogens (primary N) is 1. The minimum atomic E-state index is -0.449. The van der Waals surface area contributed by atoms with Crippen LogP contribution in [0.1, 0.15) is 23.7 Å². The highest BCUT2D eigenvalue weighted by Gasteiger charge is 2.12. The number of hydrogen-bond acceptors (Lipinski definition) is 2. The van der Waals surface area contributed by atoms with Crippen molar-refractivity contribution in [2.24, 2.45) is 5.73 Å². The van der Waals surface area contributed by atoms with Gasteiger partial charge in [0.2, 0.25) is 5.91 Å². The molecule has 0 aromatic heterocycles. The first kappa shape index (κ1) is 14.0. The lowest BCUT2D eigenvalue weighted by molar-refractivity contribution is -0.118. The molecular weight excluding hydrogens is 307 g/mol. The van der Waals surface area contributed by atoms with E-state index in [1.54, 1.807) is 25.1 Å². The molecule has 0 aliphatic heterocycles. The number of rotatable bonds is 4. The Labute approximate surface area is 113 Å². The van der Waals surface area contributed by atoms with Crippen LogP contribution >= 0.6 is 27.5 Å². The first-order valence-electron chi connectivity index (χ1n) is 4.94. The van der Waals surface area contributed by atoms with E-state index >= 15 is 0 Å². The zero-order valence-electron chi connectivity index (χ0n) is 9.17. The maximum absolute atomic E-state index is 11.8. The van der Waals surface area contributed by atoms with Crippen molar-refractivity contribution in [2.45, 2.75) is 19.4 Å². The maximum atomic E-state index is 11.8. The monoisotopic (exact) mass is 318 g/mol. The predicted octanol–water partition coefficient (Wildman–Crippen LogP) is 2.10. The van der Waals surface area contributed by atoms with E-state index in [-0.39, 0.29) is 18.4 Å². The number of carbonyl (C=O) groups excluding carboxylic acids is 2. The average Bonchev–Trinajstić information content (AvgIpc) is 2.20. The van der Waals surface area contributed by atoms with Crippen LogP contribution in [-0.2, 0) is 4.79 Å². The van der Waals surface area contributed by atoms with Gasteiger partial charge in [-0.1, -0.05) is 11.6 Å². The highest BCUT2D eigenvalue weighted by atomic mass is 79.9. The third-order valence-corrected chi connectivity index (χ3v) is 3.28. The van der Waals surface area contributed by atoms with E-state index in [4.69, 9.17) is 17.3 Å². The minimum absolute atomic E-state index is 0.112. The van der Waals surface area contributed by atoms with Crippen molar-refractivity contribution < 1.29 is 9.59 Å². The second-order valence-electron chi connectivity index (χ2n) is 3.67. The van der Waals surface area contributed by atoms with Crippen molar-refractivity contribution in [3.63, 3.8) is 0 Å². The summed E-state index contributed by atoms with van der Waals surface area (Å²) in [6.45, 7) is 1.72. The summed E-state index contributed by atoms with van der Waals surface area (Å²) in [4.78, 5) is 22.4. The van der Waals surface area contributed by atoms with E-state index in [1.807, 2.05) is 0 Å². The molecule has 0 fully saturated rings. The van der Waals surface area contributed by atoms with Crippen molar-refractivity contribution in [1.82, 2.24) is 5.32 Å². The summed E-state index contributed by atoms with van der Waals surface area (Å²) >= 11 is 9.05. The predicted molar refractivity (Wildman–Crippen MR) is 69.9 cm³/mol. The van der Waals surface area contributed by atoms with Gasteiger partial charge in [-0.15, -0.1) is 0 Å². The molecule has 0 aliphatic carbocycles. The van der Waals surface area contributed by atoms with Crippen LogP contribution in [-0.4, -0.2) is 17.9 Å². The van der Waals surface area contributed by atoms with Crippen LogP contribution in [0, 0.1) is 0 Å². The lowest BCUT2D eigenvalue weighted by atomic mass is 10.1. The van der Waals surface area contributed by atoms with Crippen LogP contribution < -0.4 is 11.1 Å². The van der Waals surface area contributed by atoms with Crippen LogP contribution in [0.15, 0.2) is 22.7 Å². The standard InChI is InChI=1S/C11H12BrClN2O2/c1-6(4-10(14)16)15-11(17)7-2-3-9(13)8(12)5-7/h2-3,5-6H,4H2,1H3,(H2,14,16)(H,15,17). The second-order valence-corrected chi connectivity index (χ2v) is 4.94. The van der Waals surface area contributed by atoms with Crippen LogP contribution in [0.3, 0.4) is 0 Å². The Kier molecular flexibility index (Phi) is 4.96. The SMILES string of the molecule is CC(CC(N)=O)NC(=O)c1ccc(Cl)c(Br)c1. The first-order chi connectivity index (χ1) is 7.90. The number of nitrogens with one attached hydrogen (secondary N) is 1. The molecule has 1 aromatic carbocycles. The Morgan fingerprint density at radius 1 is 1.53 bits per heavy atom. The van der Waals surface area contributed by atoms with Gasteiger partial charge in [-0.2, -0.15) is 0 Å². The Balaban J connectivity index is 2.70. The fourth-order valence-electron chi connectivity index (χ4n) is 1.30. The van der Waals surface area contributed by atoms with Crippen molar-refractivity contribution in [1.29, 1.82) is 0 Å². The van der Waals surface area contributed by atoms with Crippen molar-refractivity contribution >= 4 is 39.3 Å². The molecule has 0 radical (unpaired) electrons. The van der Waals surface area contributed by atoms with E-state index in [9.17, 15) is 9.59 Å². The van der Waals surface area contributed by atoms with Gasteiger partial charge in [-0.3, -0.25) is 9.59 Å². The number of hydrogen-bond donors (Lipinski definition) is 2. The first-order valence-corrected chi connectivity index (χ1v) is 6.11. The zero-order chi connectivity index (χ0) is 13.0. The molecule has 2 amide bonds. The molecule has 0 saturated carbocycles. The van der Waals surface area contributed by atoms with E-state index in [0.717, 1.165) is 0 Å². The lowest BCUT2D eigenvalue weighted by Gasteiger charge is -2.12. The van der Waals surface area contributed by atoms with Gasteiger partial charge in [0, 0.05) is 22.5 Å². The van der Waals surface area contributed by atoms with Gasteiger partial charge in [0.05, 0.1) is 5.02 Å². The Morgan fingerprint density at radius 2 is 2.18 bits per heavy atom. The van der Waals surface area contributed by atoms with Crippen LogP contribution in [0.5, 0.6) is 0 Å². The Hall–Kier alpha value is -1.07. The second kappa shape index (κ2) is 6.02. The van der Waals surface area contributed by atoms with E-state index < -0.39 is 5.91 Å². The summed E-state index contributed by atoms with van der Waals surface area (Å²) in [7, 11) is 0. The van der Waals surface area contributed by atoms with Gasteiger partial charge in [-0.25, -0.2) is 0 Å². The highest BCUT2D eigenvalue weighted by Crippen LogP contribution is 2.23. The largest absolute Gasteiger partial charge is 0.370 e. The number of halogens is 2. The number of carbonyl (C=O) groups is 2. The van der Waals surface area contributed by atoms with Gasteiger partial charge >= 0.3 is 0 Å². The van der Waals surface area contributed by atoms with Crippen LogP contribution in [0.4, 0.5) is 0 Å². The van der Waals surface area contributed by atoms with Crippen LogP contribution in [0.25, 0.3) is 0 Å². The molecule has 17 heavy (non-hydrogen) atoms. The Morgan fingerprint density at radius 3 is 2.71 bits per heavy atom. The fraction of sp³-hybridized carbons (Fsp3) is 0.273. The summed E-state index contributed by atoms with van der Waals surface area (Å²) in [5, 5.41) is 3.20. The smallest absolute Gasteiger partial charge is 0.251 e. The zero-order valence-corrected chi connectivity index (χ0v) is 11.5. The Bertz CT molecular complexity index is 451. The van der Waals surface area contributed by atoms with Crippen molar-refractivity contribution in [2.75, 3.05) is 0 Å².